The number of aliphatic hydroxyl groups excluding tert-OH is 1. The fraction of sp³-hybridized carbons (Fsp3) is 0.611. The molecule has 1 aliphatic heterocycles. The van der Waals surface area contributed by atoms with Gasteiger partial charge in [0.1, 0.15) is 6.04 Å². The first-order valence-electron chi connectivity index (χ1n) is 8.28. The maximum Gasteiger partial charge on any atom is 0.239 e. The van der Waals surface area contributed by atoms with Crippen LogP contribution in [-0.4, -0.2) is 59.6 Å². The molecule has 2 atom stereocenters. The van der Waals surface area contributed by atoms with E-state index in [1.807, 2.05) is 51.1 Å². The second-order valence-electron chi connectivity index (χ2n) is 7.43. The van der Waals surface area contributed by atoms with Crippen LogP contribution >= 0.6 is 0 Å². The molecule has 2 rings (SSSR count). The zero-order valence-corrected chi connectivity index (χ0v) is 14.4. The molecule has 23 heavy (non-hydrogen) atoms. The summed E-state index contributed by atoms with van der Waals surface area (Å²) >= 11 is 0. The lowest BCUT2D eigenvalue weighted by Crippen LogP contribution is -2.52. The molecule has 0 aliphatic carbocycles. The number of benzene rings is 1. The lowest BCUT2D eigenvalue weighted by molar-refractivity contribution is -0.124. The molecule has 1 aromatic rings. The second-order valence-corrected chi connectivity index (χ2v) is 7.43. The van der Waals surface area contributed by atoms with E-state index in [2.05, 4.69) is 9.80 Å². The number of hydrogen-bond donors (Lipinski definition) is 2. The number of piperazine rings is 1. The molecule has 0 spiro atoms. The van der Waals surface area contributed by atoms with Crippen LogP contribution in [0.15, 0.2) is 30.3 Å². The Bertz CT molecular complexity index is 505. The summed E-state index contributed by atoms with van der Waals surface area (Å²) in [4.78, 5) is 16.3. The molecule has 0 radical (unpaired) electrons. The Balaban J connectivity index is 1.96. The Kier molecular flexibility index (Phi) is 5.79. The van der Waals surface area contributed by atoms with Gasteiger partial charge in [-0.15, -0.1) is 0 Å². The number of β-amino-alcohol motifs (C(OH)–C–C–N with tert-alkyl or cyclic N) is 1. The van der Waals surface area contributed by atoms with Gasteiger partial charge in [-0.1, -0.05) is 51.1 Å². The van der Waals surface area contributed by atoms with E-state index in [1.165, 1.54) is 0 Å². The summed E-state index contributed by atoms with van der Waals surface area (Å²) in [6.07, 6.45) is -0.352. The maximum absolute atomic E-state index is 11.9. The Hall–Kier alpha value is -1.43. The summed E-state index contributed by atoms with van der Waals surface area (Å²) in [5, 5.41) is 10.2. The Morgan fingerprint density at radius 2 is 1.74 bits per heavy atom. The minimum atomic E-state index is -0.370. The van der Waals surface area contributed by atoms with Crippen LogP contribution in [0.1, 0.15) is 32.4 Å². The van der Waals surface area contributed by atoms with Gasteiger partial charge in [0.2, 0.25) is 5.91 Å². The number of nitrogens with two attached hydrogens (primary N) is 1. The van der Waals surface area contributed by atoms with E-state index >= 15 is 0 Å². The zero-order valence-electron chi connectivity index (χ0n) is 14.4. The Labute approximate surface area is 139 Å². The molecule has 2 unspecified atom stereocenters. The molecule has 1 aromatic carbocycles. The van der Waals surface area contributed by atoms with Crippen molar-refractivity contribution in [1.82, 2.24) is 9.80 Å². The summed E-state index contributed by atoms with van der Waals surface area (Å²) in [5.74, 6) is -0.306. The molecule has 5 heteroatoms. The molecule has 1 amide bonds. The highest BCUT2D eigenvalue weighted by Crippen LogP contribution is 2.24. The molecule has 5 nitrogen and oxygen atoms in total. The van der Waals surface area contributed by atoms with Crippen molar-refractivity contribution >= 4 is 5.91 Å². The van der Waals surface area contributed by atoms with E-state index in [0.717, 1.165) is 31.7 Å². The maximum atomic E-state index is 11.9. The first-order chi connectivity index (χ1) is 10.8. The summed E-state index contributed by atoms with van der Waals surface area (Å²) in [6, 6.07) is 9.33. The van der Waals surface area contributed by atoms with Gasteiger partial charge in [0.25, 0.3) is 0 Å². The number of hydrogen-bond acceptors (Lipinski definition) is 4. The number of primary amides is 1. The van der Waals surface area contributed by atoms with Gasteiger partial charge < -0.3 is 10.8 Å². The average molecular weight is 319 g/mol. The van der Waals surface area contributed by atoms with Gasteiger partial charge in [-0.2, -0.15) is 0 Å². The second kappa shape index (κ2) is 7.43. The number of amides is 1. The first kappa shape index (κ1) is 17.9. The van der Waals surface area contributed by atoms with Gasteiger partial charge in [0, 0.05) is 32.7 Å². The van der Waals surface area contributed by atoms with Crippen molar-refractivity contribution in [2.45, 2.75) is 32.9 Å². The molecule has 3 N–H and O–H groups in total. The van der Waals surface area contributed by atoms with Crippen molar-refractivity contribution in [2.24, 2.45) is 11.1 Å². The fourth-order valence-electron chi connectivity index (χ4n) is 2.91. The molecule has 128 valence electrons. The normalized spacial score (nSPS) is 20.2. The highest BCUT2D eigenvalue weighted by atomic mass is 16.3. The van der Waals surface area contributed by atoms with E-state index in [0.29, 0.717) is 6.54 Å². The number of carbonyl (C=O) groups excluding carboxylic acids is 1. The number of rotatable bonds is 5. The highest BCUT2D eigenvalue weighted by Gasteiger charge is 2.31. The summed E-state index contributed by atoms with van der Waals surface area (Å²) in [6.45, 7) is 10.0. The van der Waals surface area contributed by atoms with Crippen molar-refractivity contribution in [1.29, 1.82) is 0 Å². The molecule has 0 bridgehead atoms. The van der Waals surface area contributed by atoms with Crippen LogP contribution in [0.5, 0.6) is 0 Å². The third kappa shape index (κ3) is 4.77. The predicted octanol–water partition coefficient (Wildman–Crippen LogP) is 1.24. The van der Waals surface area contributed by atoms with Crippen LogP contribution in [0, 0.1) is 5.41 Å². The summed E-state index contributed by atoms with van der Waals surface area (Å²) < 4.78 is 0. The molecule has 0 aromatic heterocycles. The van der Waals surface area contributed by atoms with Crippen molar-refractivity contribution in [3.05, 3.63) is 35.9 Å². The molecular formula is C18H29N3O2. The molecule has 1 saturated heterocycles. The molecule has 0 saturated carbocycles. The van der Waals surface area contributed by atoms with Crippen molar-refractivity contribution in [2.75, 3.05) is 32.7 Å². The SMILES string of the molecule is CC(C)(C)C(O)CN1CCN(C(C(N)=O)c2ccccc2)CC1. The van der Waals surface area contributed by atoms with Gasteiger partial charge in [-0.25, -0.2) is 0 Å². The van der Waals surface area contributed by atoms with Crippen LogP contribution in [0.4, 0.5) is 0 Å². The minimum Gasteiger partial charge on any atom is -0.391 e. The number of carbonyl (C=O) groups is 1. The molecule has 1 aliphatic rings. The largest absolute Gasteiger partial charge is 0.391 e. The minimum absolute atomic E-state index is 0.114. The van der Waals surface area contributed by atoms with Gasteiger partial charge >= 0.3 is 0 Å². The number of aliphatic hydroxyl groups is 1. The standard InChI is InChI=1S/C18H29N3O2/c1-18(2,3)15(22)13-20-9-11-21(12-10-20)16(17(19)23)14-7-5-4-6-8-14/h4-8,15-16,22H,9-13H2,1-3H3,(H2,19,23). The lowest BCUT2D eigenvalue weighted by atomic mass is 9.89. The van der Waals surface area contributed by atoms with Gasteiger partial charge in [0.05, 0.1) is 6.10 Å². The van der Waals surface area contributed by atoms with Gasteiger partial charge in [-0.3, -0.25) is 14.6 Å². The van der Waals surface area contributed by atoms with E-state index in [4.69, 9.17) is 5.73 Å². The monoisotopic (exact) mass is 319 g/mol. The van der Waals surface area contributed by atoms with Crippen LogP contribution in [-0.2, 0) is 4.79 Å². The Morgan fingerprint density at radius 3 is 2.22 bits per heavy atom. The molecular weight excluding hydrogens is 290 g/mol. The van der Waals surface area contributed by atoms with Crippen molar-refractivity contribution < 1.29 is 9.90 Å². The summed E-state index contributed by atoms with van der Waals surface area (Å²) in [5.41, 5.74) is 6.47. The summed E-state index contributed by atoms with van der Waals surface area (Å²) in [7, 11) is 0. The zero-order chi connectivity index (χ0) is 17.0. The Morgan fingerprint density at radius 1 is 1.17 bits per heavy atom. The first-order valence-corrected chi connectivity index (χ1v) is 8.28. The van der Waals surface area contributed by atoms with E-state index < -0.39 is 0 Å². The average Bonchev–Trinajstić information content (AvgIpc) is 2.49. The van der Waals surface area contributed by atoms with Gasteiger partial charge in [0.15, 0.2) is 0 Å². The van der Waals surface area contributed by atoms with Crippen molar-refractivity contribution in [3.63, 3.8) is 0 Å². The van der Waals surface area contributed by atoms with Gasteiger partial charge in [-0.05, 0) is 11.0 Å². The topological polar surface area (TPSA) is 69.8 Å². The van der Waals surface area contributed by atoms with E-state index in [9.17, 15) is 9.90 Å². The predicted molar refractivity (Wildman–Crippen MR) is 91.9 cm³/mol. The van der Waals surface area contributed by atoms with Crippen LogP contribution in [0.3, 0.4) is 0 Å². The van der Waals surface area contributed by atoms with E-state index in [1.54, 1.807) is 0 Å². The van der Waals surface area contributed by atoms with Crippen molar-refractivity contribution in [3.8, 4) is 0 Å². The fourth-order valence-corrected chi connectivity index (χ4v) is 2.91. The van der Waals surface area contributed by atoms with Crippen LogP contribution in [0.25, 0.3) is 0 Å². The smallest absolute Gasteiger partial charge is 0.239 e. The van der Waals surface area contributed by atoms with E-state index in [-0.39, 0.29) is 23.5 Å². The number of nitrogens with zero attached hydrogens (tertiary/aromatic N) is 2. The highest BCUT2D eigenvalue weighted by molar-refractivity contribution is 5.81. The van der Waals surface area contributed by atoms with Crippen LogP contribution in [0.2, 0.25) is 0 Å². The molecule has 1 heterocycles. The van der Waals surface area contributed by atoms with Crippen LogP contribution < -0.4 is 5.73 Å². The lowest BCUT2D eigenvalue weighted by Gasteiger charge is -2.40. The third-order valence-corrected chi connectivity index (χ3v) is 4.59. The quantitative estimate of drug-likeness (QED) is 0.857. The molecule has 1 fully saturated rings. The third-order valence-electron chi connectivity index (χ3n) is 4.59.